The highest BCUT2D eigenvalue weighted by Gasteiger charge is 2.34. The molecule has 0 bridgehead atoms. The second kappa shape index (κ2) is 7.00. The van der Waals surface area contributed by atoms with E-state index in [1.54, 1.807) is 13.4 Å². The first-order valence-corrected chi connectivity index (χ1v) is 10.1. The number of anilines is 1. The van der Waals surface area contributed by atoms with Gasteiger partial charge in [-0.1, -0.05) is 12.5 Å². The molecule has 2 aliphatic rings. The van der Waals surface area contributed by atoms with Crippen LogP contribution in [0.2, 0.25) is 0 Å². The zero-order chi connectivity index (χ0) is 17.3. The van der Waals surface area contributed by atoms with Crippen LogP contribution in [0, 0.1) is 0 Å². The molecule has 2 fully saturated rings. The highest BCUT2D eigenvalue weighted by atomic mass is 32.2. The molecule has 134 valence electrons. The Morgan fingerprint density at radius 3 is 2.76 bits per heavy atom. The van der Waals surface area contributed by atoms with Crippen molar-refractivity contribution in [1.29, 1.82) is 0 Å². The number of ether oxygens (including phenoxy) is 1. The fraction of sp³-hybridized carbons (Fsp3) is 0.579. The van der Waals surface area contributed by atoms with Crippen LogP contribution in [0.1, 0.15) is 32.1 Å². The number of piperidine rings is 1. The van der Waals surface area contributed by atoms with Crippen molar-refractivity contribution in [2.45, 2.75) is 43.0 Å². The number of hydrogen-bond donors (Lipinski definition) is 1. The van der Waals surface area contributed by atoms with Gasteiger partial charge in [-0.25, -0.2) is 9.97 Å². The molecule has 0 unspecified atom stereocenters. The van der Waals surface area contributed by atoms with Gasteiger partial charge >= 0.3 is 0 Å². The molecule has 4 rings (SSSR count). The summed E-state index contributed by atoms with van der Waals surface area (Å²) in [6, 6.07) is 5.94. The number of benzene rings is 1. The van der Waals surface area contributed by atoms with E-state index in [0.29, 0.717) is 0 Å². The number of para-hydroxylation sites is 1. The van der Waals surface area contributed by atoms with Crippen LogP contribution in [0.3, 0.4) is 0 Å². The van der Waals surface area contributed by atoms with Crippen LogP contribution in [-0.4, -0.2) is 51.9 Å². The minimum absolute atomic E-state index is 0.530. The van der Waals surface area contributed by atoms with Gasteiger partial charge in [0.15, 0.2) is 0 Å². The molecule has 0 spiro atoms. The van der Waals surface area contributed by atoms with Crippen LogP contribution in [-0.2, 0) is 0 Å². The zero-order valence-corrected chi connectivity index (χ0v) is 15.5. The van der Waals surface area contributed by atoms with E-state index in [1.807, 2.05) is 30.0 Å². The highest BCUT2D eigenvalue weighted by molar-refractivity contribution is 8.00. The van der Waals surface area contributed by atoms with Crippen LogP contribution in [0.5, 0.6) is 5.75 Å². The Balaban J connectivity index is 1.48. The van der Waals surface area contributed by atoms with Crippen molar-refractivity contribution in [2.24, 2.45) is 0 Å². The average Bonchev–Trinajstić information content (AvgIpc) is 2.60. The van der Waals surface area contributed by atoms with Gasteiger partial charge in [0.1, 0.15) is 23.4 Å². The number of methoxy groups -OCH3 is 1. The van der Waals surface area contributed by atoms with E-state index >= 15 is 0 Å². The number of nitrogens with zero attached hydrogens (tertiary/aromatic N) is 3. The highest BCUT2D eigenvalue weighted by Crippen LogP contribution is 2.37. The molecule has 0 radical (unpaired) electrons. The molecule has 1 aliphatic heterocycles. The van der Waals surface area contributed by atoms with Gasteiger partial charge in [0.2, 0.25) is 0 Å². The van der Waals surface area contributed by atoms with Crippen molar-refractivity contribution < 1.29 is 9.84 Å². The third kappa shape index (κ3) is 3.42. The molecular weight excluding hydrogens is 334 g/mol. The van der Waals surface area contributed by atoms with E-state index in [9.17, 15) is 5.11 Å². The topological polar surface area (TPSA) is 58.5 Å². The average molecular weight is 359 g/mol. The van der Waals surface area contributed by atoms with Gasteiger partial charge in [-0.05, 0) is 37.8 Å². The molecule has 1 aromatic carbocycles. The van der Waals surface area contributed by atoms with Gasteiger partial charge in [-0.3, -0.25) is 0 Å². The van der Waals surface area contributed by atoms with Crippen LogP contribution in [0.25, 0.3) is 10.9 Å². The Bertz CT molecular complexity index is 743. The maximum atomic E-state index is 10.9. The minimum Gasteiger partial charge on any atom is -0.494 e. The monoisotopic (exact) mass is 359 g/mol. The predicted molar refractivity (Wildman–Crippen MR) is 103 cm³/mol. The summed E-state index contributed by atoms with van der Waals surface area (Å²) in [5.41, 5.74) is 0.313. The summed E-state index contributed by atoms with van der Waals surface area (Å²) in [7, 11) is 1.66. The summed E-state index contributed by atoms with van der Waals surface area (Å²) in [4.78, 5) is 11.2. The Kier molecular flexibility index (Phi) is 4.73. The van der Waals surface area contributed by atoms with Crippen molar-refractivity contribution >= 4 is 28.5 Å². The molecule has 1 aliphatic carbocycles. The van der Waals surface area contributed by atoms with Crippen molar-refractivity contribution in [1.82, 2.24) is 9.97 Å². The van der Waals surface area contributed by atoms with Gasteiger partial charge in [0.05, 0.1) is 12.7 Å². The first kappa shape index (κ1) is 16.9. The number of aliphatic hydroxyl groups is 1. The Morgan fingerprint density at radius 2 is 2.08 bits per heavy atom. The molecule has 0 atom stereocenters. The van der Waals surface area contributed by atoms with Gasteiger partial charge in [0.25, 0.3) is 0 Å². The van der Waals surface area contributed by atoms with Crippen molar-refractivity contribution in [3.63, 3.8) is 0 Å². The molecule has 1 aromatic heterocycles. The number of hydrogen-bond acceptors (Lipinski definition) is 6. The summed E-state index contributed by atoms with van der Waals surface area (Å²) < 4.78 is 5.42. The lowest BCUT2D eigenvalue weighted by molar-refractivity contribution is 0.0397. The van der Waals surface area contributed by atoms with Gasteiger partial charge in [0, 0.05) is 29.5 Å². The van der Waals surface area contributed by atoms with Crippen LogP contribution in [0.15, 0.2) is 24.5 Å². The van der Waals surface area contributed by atoms with E-state index in [0.717, 1.165) is 59.4 Å². The van der Waals surface area contributed by atoms with Crippen molar-refractivity contribution in [3.8, 4) is 5.75 Å². The largest absolute Gasteiger partial charge is 0.494 e. The van der Waals surface area contributed by atoms with E-state index in [1.165, 1.54) is 19.3 Å². The minimum atomic E-state index is -0.530. The lowest BCUT2D eigenvalue weighted by Crippen LogP contribution is -2.46. The molecule has 1 saturated carbocycles. The third-order valence-corrected chi connectivity index (χ3v) is 7.11. The molecule has 0 amide bonds. The van der Waals surface area contributed by atoms with E-state index < -0.39 is 5.60 Å². The smallest absolute Gasteiger partial charge is 0.145 e. The molecule has 6 heteroatoms. The second-order valence-corrected chi connectivity index (χ2v) is 8.42. The molecule has 25 heavy (non-hydrogen) atoms. The van der Waals surface area contributed by atoms with E-state index in [2.05, 4.69) is 14.9 Å². The van der Waals surface area contributed by atoms with Gasteiger partial charge in [-0.15, -0.1) is 0 Å². The lowest BCUT2D eigenvalue weighted by atomic mass is 9.93. The molecule has 5 nitrogen and oxygen atoms in total. The van der Waals surface area contributed by atoms with Crippen molar-refractivity contribution in [3.05, 3.63) is 24.5 Å². The Morgan fingerprint density at radius 1 is 1.28 bits per heavy atom. The molecular formula is C19H25N3O2S. The number of thioether (sulfide) groups is 1. The Labute approximate surface area is 152 Å². The maximum absolute atomic E-state index is 10.9. The normalized spacial score (nSPS) is 20.5. The summed E-state index contributed by atoms with van der Waals surface area (Å²) >= 11 is 1.96. The third-order valence-electron chi connectivity index (χ3n) is 5.46. The molecule has 1 N–H and O–H groups in total. The van der Waals surface area contributed by atoms with Crippen LogP contribution >= 0.6 is 11.8 Å². The van der Waals surface area contributed by atoms with E-state index in [4.69, 9.17) is 4.74 Å². The first-order valence-electron chi connectivity index (χ1n) is 9.05. The molecule has 2 aromatic rings. The summed E-state index contributed by atoms with van der Waals surface area (Å²) in [5, 5.41) is 12.7. The fourth-order valence-corrected chi connectivity index (χ4v) is 5.05. The number of rotatable bonds is 5. The zero-order valence-electron chi connectivity index (χ0n) is 14.6. The quantitative estimate of drug-likeness (QED) is 0.884. The second-order valence-electron chi connectivity index (χ2n) is 7.13. The lowest BCUT2D eigenvalue weighted by Gasteiger charge is -2.40. The van der Waals surface area contributed by atoms with Gasteiger partial charge in [-0.2, -0.15) is 11.8 Å². The van der Waals surface area contributed by atoms with Gasteiger partial charge < -0.3 is 14.7 Å². The molecule has 2 heterocycles. The maximum Gasteiger partial charge on any atom is 0.145 e. The summed E-state index contributed by atoms with van der Waals surface area (Å²) in [5.74, 6) is 2.58. The number of aromatic nitrogens is 2. The molecule has 1 saturated heterocycles. The standard InChI is InChI=1S/C19H25N3O2S/c1-24-16-7-3-6-15-17(16)20-13-21-18(15)22-10-8-19(23,9-11-22)12-25-14-4-2-5-14/h3,6-7,13-14,23H,2,4-5,8-12H2,1H3. The van der Waals surface area contributed by atoms with Crippen molar-refractivity contribution in [2.75, 3.05) is 30.9 Å². The van der Waals surface area contributed by atoms with Crippen LogP contribution in [0.4, 0.5) is 5.82 Å². The summed E-state index contributed by atoms with van der Waals surface area (Å²) in [6.07, 6.45) is 7.19. The predicted octanol–water partition coefficient (Wildman–Crippen LogP) is 3.26. The number of fused-ring (bicyclic) bond motifs is 1. The Hall–Kier alpha value is -1.53. The van der Waals surface area contributed by atoms with Crippen LogP contribution < -0.4 is 9.64 Å². The fourth-order valence-electron chi connectivity index (χ4n) is 3.55. The van der Waals surface area contributed by atoms with E-state index in [-0.39, 0.29) is 0 Å². The summed E-state index contributed by atoms with van der Waals surface area (Å²) in [6.45, 7) is 1.65. The first-order chi connectivity index (χ1) is 12.2. The SMILES string of the molecule is COc1cccc2c(N3CCC(O)(CSC4CCC4)CC3)ncnc12.